The molecule has 1 unspecified atom stereocenters. The summed E-state index contributed by atoms with van der Waals surface area (Å²) in [6.07, 6.45) is 0. The van der Waals surface area contributed by atoms with Gasteiger partial charge in [-0.2, -0.15) is 0 Å². The molecular formula is C5H9NO3S. The molecule has 1 N–H and O–H groups in total. The fourth-order valence-corrected chi connectivity index (χ4v) is 1.95. The van der Waals surface area contributed by atoms with Crippen LogP contribution in [-0.2, 0) is 14.6 Å². The lowest BCUT2D eigenvalue weighted by Crippen LogP contribution is -2.47. The van der Waals surface area contributed by atoms with Crippen molar-refractivity contribution < 1.29 is 13.2 Å². The highest BCUT2D eigenvalue weighted by Gasteiger charge is 2.31. The van der Waals surface area contributed by atoms with E-state index in [2.05, 4.69) is 5.32 Å². The highest BCUT2D eigenvalue weighted by Crippen LogP contribution is 2.05. The maximum Gasteiger partial charge on any atom is 0.238 e. The Hall–Kier alpha value is -0.580. The van der Waals surface area contributed by atoms with Crippen LogP contribution in [0.2, 0.25) is 0 Å². The number of hydrogen-bond acceptors (Lipinski definition) is 3. The number of carbonyl (C=O) groups excluding carboxylic acids is 1. The van der Waals surface area contributed by atoms with Crippen LogP contribution in [0.5, 0.6) is 0 Å². The molecule has 58 valence electrons. The zero-order valence-corrected chi connectivity index (χ0v) is 6.44. The predicted molar refractivity (Wildman–Crippen MR) is 36.3 cm³/mol. The van der Waals surface area contributed by atoms with E-state index in [4.69, 9.17) is 0 Å². The van der Waals surface area contributed by atoms with Gasteiger partial charge in [-0.05, 0) is 6.92 Å². The second kappa shape index (κ2) is 2.23. The molecule has 10 heavy (non-hydrogen) atoms. The Morgan fingerprint density at radius 2 is 2.20 bits per heavy atom. The maximum absolute atomic E-state index is 10.9. The van der Waals surface area contributed by atoms with E-state index in [1.807, 2.05) is 0 Å². The van der Waals surface area contributed by atoms with Crippen molar-refractivity contribution in [2.75, 3.05) is 12.3 Å². The molecule has 0 radical (unpaired) electrons. The summed E-state index contributed by atoms with van der Waals surface area (Å²) in [5.41, 5.74) is 0. The minimum atomic E-state index is -3.12. The Labute approximate surface area is 59.5 Å². The van der Waals surface area contributed by atoms with Crippen LogP contribution in [0.25, 0.3) is 0 Å². The topological polar surface area (TPSA) is 63.2 Å². The first-order valence-electron chi connectivity index (χ1n) is 3.03. The molecule has 0 aromatic carbocycles. The number of sulfone groups is 1. The van der Waals surface area contributed by atoms with E-state index in [-0.39, 0.29) is 18.2 Å². The number of nitrogens with one attached hydrogen (secondary N) is 1. The first-order valence-corrected chi connectivity index (χ1v) is 4.75. The van der Waals surface area contributed by atoms with Crippen LogP contribution in [0.4, 0.5) is 0 Å². The van der Waals surface area contributed by atoms with Gasteiger partial charge in [-0.3, -0.25) is 4.79 Å². The van der Waals surface area contributed by atoms with Gasteiger partial charge in [-0.25, -0.2) is 8.42 Å². The third-order valence-electron chi connectivity index (χ3n) is 1.59. The smallest absolute Gasteiger partial charge is 0.238 e. The van der Waals surface area contributed by atoms with Crippen LogP contribution in [0, 0.1) is 0 Å². The van der Waals surface area contributed by atoms with Crippen molar-refractivity contribution in [3.63, 3.8) is 0 Å². The molecule has 1 fully saturated rings. The Balaban J connectivity index is 2.91. The quantitative estimate of drug-likeness (QED) is 0.494. The van der Waals surface area contributed by atoms with Crippen molar-refractivity contribution in [3.8, 4) is 0 Å². The monoisotopic (exact) mass is 163 g/mol. The Morgan fingerprint density at radius 3 is 2.60 bits per heavy atom. The Morgan fingerprint density at radius 1 is 1.60 bits per heavy atom. The number of rotatable bonds is 0. The van der Waals surface area contributed by atoms with Crippen LogP contribution >= 0.6 is 0 Å². The van der Waals surface area contributed by atoms with Gasteiger partial charge >= 0.3 is 0 Å². The van der Waals surface area contributed by atoms with Gasteiger partial charge in [0.2, 0.25) is 5.91 Å². The summed E-state index contributed by atoms with van der Waals surface area (Å²) < 4.78 is 21.9. The number of amides is 1. The molecule has 1 aliphatic rings. The Kier molecular flexibility index (Phi) is 1.68. The maximum atomic E-state index is 10.9. The fraction of sp³-hybridized carbons (Fsp3) is 0.800. The zero-order chi connectivity index (χ0) is 7.78. The van der Waals surface area contributed by atoms with Crippen molar-refractivity contribution in [2.45, 2.75) is 12.2 Å². The van der Waals surface area contributed by atoms with Crippen LogP contribution < -0.4 is 5.32 Å². The highest BCUT2D eigenvalue weighted by atomic mass is 32.2. The van der Waals surface area contributed by atoms with Crippen molar-refractivity contribution >= 4 is 15.7 Å². The minimum absolute atomic E-state index is 0.0694. The molecule has 0 aromatic heterocycles. The number of hydrogen-bond donors (Lipinski definition) is 1. The summed E-state index contributed by atoms with van der Waals surface area (Å²) in [6.45, 7) is 1.66. The fourth-order valence-electron chi connectivity index (χ4n) is 0.800. The summed E-state index contributed by atoms with van der Waals surface area (Å²) in [6, 6.07) is 0. The summed E-state index contributed by atoms with van der Waals surface area (Å²) in [7, 11) is -3.12. The van der Waals surface area contributed by atoms with Gasteiger partial charge in [0.05, 0.1) is 5.75 Å². The molecule has 0 spiro atoms. The van der Waals surface area contributed by atoms with Gasteiger partial charge in [0, 0.05) is 6.54 Å². The molecule has 0 aromatic rings. The van der Waals surface area contributed by atoms with Gasteiger partial charge < -0.3 is 5.32 Å². The summed E-state index contributed by atoms with van der Waals surface area (Å²) in [5, 5.41) is 1.61. The molecule has 5 heteroatoms. The molecule has 1 heterocycles. The summed E-state index contributed by atoms with van der Waals surface area (Å²) in [4.78, 5) is 10.7. The van der Waals surface area contributed by atoms with Gasteiger partial charge in [-0.1, -0.05) is 0 Å². The lowest BCUT2D eigenvalue weighted by Gasteiger charge is -2.18. The van der Waals surface area contributed by atoms with E-state index < -0.39 is 15.1 Å². The van der Waals surface area contributed by atoms with E-state index >= 15 is 0 Å². The lowest BCUT2D eigenvalue weighted by atomic mass is 10.4. The molecule has 1 atom stereocenters. The second-order valence-corrected chi connectivity index (χ2v) is 4.74. The van der Waals surface area contributed by atoms with Crippen molar-refractivity contribution in [1.29, 1.82) is 0 Å². The molecule has 1 saturated heterocycles. The van der Waals surface area contributed by atoms with Gasteiger partial charge in [0.1, 0.15) is 5.25 Å². The Bertz CT molecular complexity index is 244. The predicted octanol–water partition coefficient (Wildman–Crippen LogP) is -1.08. The zero-order valence-electron chi connectivity index (χ0n) is 5.62. The van der Waals surface area contributed by atoms with Gasteiger partial charge in [0.15, 0.2) is 9.84 Å². The third kappa shape index (κ3) is 1.13. The average Bonchev–Trinajstić information content (AvgIpc) is 1.83. The standard InChI is InChI=1S/C5H9NO3S/c1-4-5(7)6-2-3-10(4,8)9/h4H,2-3H2,1H3,(H,6,7). The van der Waals surface area contributed by atoms with Crippen LogP contribution in [0.15, 0.2) is 0 Å². The molecule has 1 rings (SSSR count). The third-order valence-corrected chi connectivity index (χ3v) is 3.66. The molecule has 1 amide bonds. The molecule has 0 aliphatic carbocycles. The first-order chi connectivity index (χ1) is 4.54. The average molecular weight is 163 g/mol. The molecule has 0 bridgehead atoms. The lowest BCUT2D eigenvalue weighted by molar-refractivity contribution is -0.120. The number of carbonyl (C=O) groups is 1. The largest absolute Gasteiger partial charge is 0.354 e. The highest BCUT2D eigenvalue weighted by molar-refractivity contribution is 7.92. The van der Waals surface area contributed by atoms with E-state index in [0.29, 0.717) is 0 Å². The molecule has 1 aliphatic heterocycles. The van der Waals surface area contributed by atoms with Gasteiger partial charge in [-0.15, -0.1) is 0 Å². The van der Waals surface area contributed by atoms with Crippen LogP contribution in [-0.4, -0.2) is 31.9 Å². The van der Waals surface area contributed by atoms with Crippen molar-refractivity contribution in [1.82, 2.24) is 5.32 Å². The van der Waals surface area contributed by atoms with E-state index in [1.165, 1.54) is 6.92 Å². The second-order valence-electron chi connectivity index (χ2n) is 2.30. The van der Waals surface area contributed by atoms with E-state index in [1.54, 1.807) is 0 Å². The van der Waals surface area contributed by atoms with Crippen LogP contribution in [0.3, 0.4) is 0 Å². The van der Waals surface area contributed by atoms with Gasteiger partial charge in [0.25, 0.3) is 0 Å². The van der Waals surface area contributed by atoms with E-state index in [9.17, 15) is 13.2 Å². The van der Waals surface area contributed by atoms with Crippen LogP contribution in [0.1, 0.15) is 6.92 Å². The summed E-state index contributed by atoms with van der Waals surface area (Å²) >= 11 is 0. The molecule has 4 nitrogen and oxygen atoms in total. The SMILES string of the molecule is CC1C(=O)NCCS1(=O)=O. The normalized spacial score (nSPS) is 31.3. The molecule has 0 saturated carbocycles. The van der Waals surface area contributed by atoms with Crippen molar-refractivity contribution in [3.05, 3.63) is 0 Å². The van der Waals surface area contributed by atoms with Crippen molar-refractivity contribution in [2.24, 2.45) is 0 Å². The molecular weight excluding hydrogens is 154 g/mol. The summed E-state index contributed by atoms with van der Waals surface area (Å²) in [5.74, 6) is -0.314. The minimum Gasteiger partial charge on any atom is -0.354 e. The van der Waals surface area contributed by atoms with E-state index in [0.717, 1.165) is 0 Å². The first kappa shape index (κ1) is 7.53.